The molecule has 0 aliphatic carbocycles. The number of esters is 1. The van der Waals surface area contributed by atoms with Crippen LogP contribution >= 0.6 is 22.6 Å². The fourth-order valence-electron chi connectivity index (χ4n) is 2.06. The summed E-state index contributed by atoms with van der Waals surface area (Å²) in [4.78, 5) is 11.5. The molecule has 0 aromatic heterocycles. The van der Waals surface area contributed by atoms with Gasteiger partial charge in [0.15, 0.2) is 0 Å². The topological polar surface area (TPSA) is 35.5 Å². The summed E-state index contributed by atoms with van der Waals surface area (Å²) in [5, 5.41) is 0. The van der Waals surface area contributed by atoms with Gasteiger partial charge in [0, 0.05) is 13.5 Å². The lowest BCUT2D eigenvalue weighted by atomic mass is 9.94. The smallest absolute Gasteiger partial charge is 0.308 e. The van der Waals surface area contributed by atoms with E-state index < -0.39 is 0 Å². The van der Waals surface area contributed by atoms with Crippen LogP contribution in [-0.4, -0.2) is 25.3 Å². The highest BCUT2D eigenvalue weighted by Gasteiger charge is 2.28. The average Bonchev–Trinajstić information content (AvgIpc) is 2.37. The van der Waals surface area contributed by atoms with E-state index in [0.29, 0.717) is 0 Å². The molecule has 0 spiro atoms. The summed E-state index contributed by atoms with van der Waals surface area (Å²) in [7, 11) is 1.70. The SMILES string of the molecule is CO[C@@H](C[C@@H]1CC[C@@H](C)C(=O)O1)/C(C)=C/C=C/I. The number of carbonyl (C=O) groups excluding carboxylic acids is 1. The zero-order valence-corrected chi connectivity index (χ0v) is 13.3. The van der Waals surface area contributed by atoms with E-state index in [-0.39, 0.29) is 24.1 Å². The zero-order chi connectivity index (χ0) is 13.5. The van der Waals surface area contributed by atoms with Gasteiger partial charge >= 0.3 is 5.97 Å². The Hall–Kier alpha value is -0.360. The molecule has 3 atom stereocenters. The van der Waals surface area contributed by atoms with Crippen LogP contribution in [0.15, 0.2) is 21.8 Å². The van der Waals surface area contributed by atoms with Crippen molar-refractivity contribution in [1.82, 2.24) is 0 Å². The van der Waals surface area contributed by atoms with Crippen LogP contribution in [0.1, 0.15) is 33.1 Å². The normalized spacial score (nSPS) is 27.3. The average molecular weight is 364 g/mol. The molecular weight excluding hydrogens is 343 g/mol. The minimum absolute atomic E-state index is 0.00872. The van der Waals surface area contributed by atoms with Crippen molar-refractivity contribution in [3.05, 3.63) is 21.8 Å². The highest BCUT2D eigenvalue weighted by atomic mass is 127. The lowest BCUT2D eigenvalue weighted by molar-refractivity contribution is -0.161. The summed E-state index contributed by atoms with van der Waals surface area (Å²) in [6, 6.07) is 0. The van der Waals surface area contributed by atoms with E-state index in [1.54, 1.807) is 7.11 Å². The van der Waals surface area contributed by atoms with Crippen molar-refractivity contribution in [2.24, 2.45) is 5.92 Å². The van der Waals surface area contributed by atoms with Crippen LogP contribution in [0.2, 0.25) is 0 Å². The van der Waals surface area contributed by atoms with Gasteiger partial charge in [0.1, 0.15) is 6.10 Å². The Balaban J connectivity index is 2.56. The third-order valence-corrected chi connectivity index (χ3v) is 3.72. The molecule has 0 aromatic carbocycles. The second-order valence-electron chi connectivity index (χ2n) is 4.73. The Bertz CT molecular complexity index is 336. The van der Waals surface area contributed by atoms with Crippen LogP contribution < -0.4 is 0 Å². The quantitative estimate of drug-likeness (QED) is 0.425. The molecule has 0 aromatic rings. The molecule has 3 nitrogen and oxygen atoms in total. The van der Waals surface area contributed by atoms with E-state index in [4.69, 9.17) is 9.47 Å². The molecule has 0 saturated carbocycles. The highest BCUT2D eigenvalue weighted by Crippen LogP contribution is 2.25. The first-order valence-corrected chi connectivity index (χ1v) is 7.49. The van der Waals surface area contributed by atoms with E-state index in [2.05, 4.69) is 22.6 Å². The molecule has 0 radical (unpaired) electrons. The number of hydrogen-bond donors (Lipinski definition) is 0. The van der Waals surface area contributed by atoms with Crippen LogP contribution in [0.5, 0.6) is 0 Å². The van der Waals surface area contributed by atoms with Crippen molar-refractivity contribution < 1.29 is 14.3 Å². The Morgan fingerprint density at radius 3 is 2.89 bits per heavy atom. The summed E-state index contributed by atoms with van der Waals surface area (Å²) in [6.45, 7) is 3.96. The lowest BCUT2D eigenvalue weighted by Gasteiger charge is -2.29. The third kappa shape index (κ3) is 4.72. The van der Waals surface area contributed by atoms with E-state index in [1.165, 1.54) is 0 Å². The Labute approximate surface area is 123 Å². The molecule has 1 saturated heterocycles. The van der Waals surface area contributed by atoms with Gasteiger partial charge in [-0.3, -0.25) is 4.79 Å². The Kier molecular flexibility index (Phi) is 6.92. The fraction of sp³-hybridized carbons (Fsp3) is 0.643. The molecule has 1 aliphatic heterocycles. The van der Waals surface area contributed by atoms with Gasteiger partial charge in [-0.05, 0) is 29.4 Å². The van der Waals surface area contributed by atoms with E-state index in [1.807, 2.05) is 30.1 Å². The van der Waals surface area contributed by atoms with Crippen molar-refractivity contribution >= 4 is 28.6 Å². The highest BCUT2D eigenvalue weighted by molar-refractivity contribution is 14.1. The fourth-order valence-corrected chi connectivity index (χ4v) is 2.27. The number of cyclic esters (lactones) is 1. The summed E-state index contributed by atoms with van der Waals surface area (Å²) in [5.74, 6) is -0.0317. The van der Waals surface area contributed by atoms with Crippen LogP contribution in [0.3, 0.4) is 0 Å². The number of carbonyl (C=O) groups is 1. The van der Waals surface area contributed by atoms with Crippen LogP contribution in [0.4, 0.5) is 0 Å². The molecule has 1 heterocycles. The summed E-state index contributed by atoms with van der Waals surface area (Å²) in [5.41, 5.74) is 1.15. The third-order valence-electron chi connectivity index (χ3n) is 3.31. The van der Waals surface area contributed by atoms with E-state index in [0.717, 1.165) is 24.8 Å². The second-order valence-corrected chi connectivity index (χ2v) is 5.45. The molecule has 0 bridgehead atoms. The van der Waals surface area contributed by atoms with Crippen LogP contribution in [0, 0.1) is 5.92 Å². The number of hydrogen-bond acceptors (Lipinski definition) is 3. The molecule has 0 unspecified atom stereocenters. The van der Waals surface area contributed by atoms with Gasteiger partial charge in [0.2, 0.25) is 0 Å². The molecule has 102 valence electrons. The Morgan fingerprint density at radius 1 is 1.61 bits per heavy atom. The molecule has 0 amide bonds. The monoisotopic (exact) mass is 364 g/mol. The molecule has 1 fully saturated rings. The lowest BCUT2D eigenvalue weighted by Crippen LogP contribution is -2.32. The molecule has 18 heavy (non-hydrogen) atoms. The van der Waals surface area contributed by atoms with Gasteiger partial charge in [-0.15, -0.1) is 0 Å². The van der Waals surface area contributed by atoms with Crippen molar-refractivity contribution in [2.75, 3.05) is 7.11 Å². The Morgan fingerprint density at radius 2 is 2.33 bits per heavy atom. The van der Waals surface area contributed by atoms with Crippen molar-refractivity contribution in [2.45, 2.75) is 45.3 Å². The maximum absolute atomic E-state index is 11.5. The number of ether oxygens (including phenoxy) is 2. The molecule has 0 N–H and O–H groups in total. The first kappa shape index (κ1) is 15.7. The minimum atomic E-state index is -0.0742. The van der Waals surface area contributed by atoms with Gasteiger partial charge < -0.3 is 9.47 Å². The van der Waals surface area contributed by atoms with Crippen molar-refractivity contribution in [3.8, 4) is 0 Å². The van der Waals surface area contributed by atoms with Crippen molar-refractivity contribution in [3.63, 3.8) is 0 Å². The first-order chi connectivity index (χ1) is 8.58. The predicted molar refractivity (Wildman–Crippen MR) is 80.6 cm³/mol. The van der Waals surface area contributed by atoms with Gasteiger partial charge in [-0.25, -0.2) is 0 Å². The van der Waals surface area contributed by atoms with Crippen LogP contribution in [0.25, 0.3) is 0 Å². The zero-order valence-electron chi connectivity index (χ0n) is 11.2. The first-order valence-electron chi connectivity index (χ1n) is 6.25. The van der Waals surface area contributed by atoms with Gasteiger partial charge in [-0.1, -0.05) is 41.7 Å². The molecule has 1 rings (SSSR count). The second kappa shape index (κ2) is 7.94. The largest absolute Gasteiger partial charge is 0.462 e. The molecule has 1 aliphatic rings. The van der Waals surface area contributed by atoms with Gasteiger partial charge in [0.25, 0.3) is 0 Å². The summed E-state index contributed by atoms with van der Waals surface area (Å²) >= 11 is 2.18. The number of allylic oxidation sites excluding steroid dienone is 2. The molecular formula is C14H21IO3. The van der Waals surface area contributed by atoms with E-state index in [9.17, 15) is 4.79 Å². The number of halogens is 1. The maximum Gasteiger partial charge on any atom is 0.308 e. The summed E-state index contributed by atoms with van der Waals surface area (Å²) in [6.07, 6.45) is 6.62. The number of rotatable bonds is 5. The predicted octanol–water partition coefficient (Wildman–Crippen LogP) is 3.63. The van der Waals surface area contributed by atoms with Gasteiger partial charge in [0.05, 0.1) is 12.0 Å². The van der Waals surface area contributed by atoms with Crippen LogP contribution in [-0.2, 0) is 14.3 Å². The number of methoxy groups -OCH3 is 1. The maximum atomic E-state index is 11.5. The van der Waals surface area contributed by atoms with Crippen molar-refractivity contribution in [1.29, 1.82) is 0 Å². The minimum Gasteiger partial charge on any atom is -0.462 e. The van der Waals surface area contributed by atoms with Gasteiger partial charge in [-0.2, -0.15) is 0 Å². The standard InChI is InChI=1S/C14H21IO3/c1-10(5-4-8-15)13(17-3)9-12-7-6-11(2)14(16)18-12/h4-5,8,11-13H,6-7,9H2,1-3H3/b8-4+,10-5+/t11-,12+,13+/m1/s1. The molecule has 4 heteroatoms. The van der Waals surface area contributed by atoms with E-state index >= 15 is 0 Å². The summed E-state index contributed by atoms with van der Waals surface area (Å²) < 4.78 is 12.9.